The summed E-state index contributed by atoms with van der Waals surface area (Å²) in [5, 5.41) is 2.85. The first-order valence-corrected chi connectivity index (χ1v) is 6.36. The van der Waals surface area contributed by atoms with Gasteiger partial charge >= 0.3 is 0 Å². The highest BCUT2D eigenvalue weighted by Crippen LogP contribution is 2.17. The number of carbonyl (C=O) groups excluding carboxylic acids is 1. The smallest absolute Gasteiger partial charge is 0.244 e. The molecule has 106 valence electrons. The molecule has 1 amide bonds. The fourth-order valence-corrected chi connectivity index (χ4v) is 1.82. The SMILES string of the molecule is CN(C)C(CNC(=O)/C=C/c1ccco1)c1ccco1. The third kappa shape index (κ3) is 3.86. The molecule has 0 aromatic carbocycles. The van der Waals surface area contributed by atoms with E-state index in [2.05, 4.69) is 5.32 Å². The van der Waals surface area contributed by atoms with Gasteiger partial charge in [0.1, 0.15) is 11.5 Å². The number of hydrogen-bond acceptors (Lipinski definition) is 4. The Labute approximate surface area is 117 Å². The molecule has 1 atom stereocenters. The van der Waals surface area contributed by atoms with Crippen molar-refractivity contribution in [3.05, 3.63) is 54.4 Å². The van der Waals surface area contributed by atoms with Gasteiger partial charge in [-0.2, -0.15) is 0 Å². The molecule has 0 radical (unpaired) electrons. The second-order valence-corrected chi connectivity index (χ2v) is 4.59. The Kier molecular flexibility index (Phi) is 4.79. The van der Waals surface area contributed by atoms with E-state index in [9.17, 15) is 4.79 Å². The maximum absolute atomic E-state index is 11.7. The first-order valence-electron chi connectivity index (χ1n) is 6.36. The van der Waals surface area contributed by atoms with Gasteiger partial charge in [0.15, 0.2) is 0 Å². The molecule has 1 N–H and O–H groups in total. The summed E-state index contributed by atoms with van der Waals surface area (Å²) in [5.74, 6) is 1.31. The van der Waals surface area contributed by atoms with Gasteiger partial charge in [-0.1, -0.05) is 0 Å². The summed E-state index contributed by atoms with van der Waals surface area (Å²) < 4.78 is 10.5. The molecule has 0 saturated heterocycles. The van der Waals surface area contributed by atoms with Gasteiger partial charge in [-0.3, -0.25) is 9.69 Å². The summed E-state index contributed by atoms with van der Waals surface area (Å²) in [6, 6.07) is 7.30. The molecule has 0 fully saturated rings. The molecule has 0 saturated carbocycles. The van der Waals surface area contributed by atoms with E-state index in [1.807, 2.05) is 31.1 Å². The highest BCUT2D eigenvalue weighted by atomic mass is 16.3. The van der Waals surface area contributed by atoms with E-state index >= 15 is 0 Å². The van der Waals surface area contributed by atoms with Crippen LogP contribution in [0.4, 0.5) is 0 Å². The van der Waals surface area contributed by atoms with Crippen LogP contribution in [0.5, 0.6) is 0 Å². The van der Waals surface area contributed by atoms with Crippen molar-refractivity contribution in [1.29, 1.82) is 0 Å². The van der Waals surface area contributed by atoms with Gasteiger partial charge in [0.05, 0.1) is 18.6 Å². The quantitative estimate of drug-likeness (QED) is 0.821. The monoisotopic (exact) mass is 274 g/mol. The number of rotatable bonds is 6. The van der Waals surface area contributed by atoms with Crippen LogP contribution in [0.15, 0.2) is 51.7 Å². The van der Waals surface area contributed by atoms with Crippen LogP contribution in [0.3, 0.4) is 0 Å². The molecule has 0 aliphatic carbocycles. The van der Waals surface area contributed by atoms with E-state index in [0.29, 0.717) is 12.3 Å². The van der Waals surface area contributed by atoms with Crippen molar-refractivity contribution in [2.45, 2.75) is 6.04 Å². The molecule has 1 unspecified atom stereocenters. The van der Waals surface area contributed by atoms with Gasteiger partial charge in [0.25, 0.3) is 0 Å². The average Bonchev–Trinajstić information content (AvgIpc) is 3.09. The number of furan rings is 2. The van der Waals surface area contributed by atoms with Crippen molar-refractivity contribution in [3.63, 3.8) is 0 Å². The molecular weight excluding hydrogens is 256 g/mol. The summed E-state index contributed by atoms with van der Waals surface area (Å²) in [4.78, 5) is 13.7. The van der Waals surface area contributed by atoms with E-state index in [1.165, 1.54) is 6.08 Å². The number of amides is 1. The molecule has 5 nitrogen and oxygen atoms in total. The minimum absolute atomic E-state index is 0.00552. The van der Waals surface area contributed by atoms with Crippen LogP contribution in [0.2, 0.25) is 0 Å². The van der Waals surface area contributed by atoms with Gasteiger partial charge in [-0.15, -0.1) is 0 Å². The van der Waals surface area contributed by atoms with Crippen LogP contribution in [0.25, 0.3) is 6.08 Å². The second kappa shape index (κ2) is 6.77. The van der Waals surface area contributed by atoms with Gasteiger partial charge in [-0.05, 0) is 44.4 Å². The zero-order chi connectivity index (χ0) is 14.4. The van der Waals surface area contributed by atoms with Gasteiger partial charge in [-0.25, -0.2) is 0 Å². The maximum atomic E-state index is 11.7. The summed E-state index contributed by atoms with van der Waals surface area (Å²) in [6.07, 6.45) is 6.28. The molecule has 20 heavy (non-hydrogen) atoms. The lowest BCUT2D eigenvalue weighted by Gasteiger charge is -2.22. The van der Waals surface area contributed by atoms with Gasteiger partial charge in [0.2, 0.25) is 5.91 Å². The molecule has 0 bridgehead atoms. The predicted molar refractivity (Wildman–Crippen MR) is 75.9 cm³/mol. The fraction of sp³-hybridized carbons (Fsp3) is 0.267. The Bertz CT molecular complexity index is 542. The van der Waals surface area contributed by atoms with Crippen LogP contribution in [-0.4, -0.2) is 31.4 Å². The lowest BCUT2D eigenvalue weighted by atomic mass is 10.2. The van der Waals surface area contributed by atoms with Crippen LogP contribution >= 0.6 is 0 Å². The lowest BCUT2D eigenvalue weighted by Crippen LogP contribution is -2.33. The Morgan fingerprint density at radius 1 is 1.30 bits per heavy atom. The molecule has 0 spiro atoms. The van der Waals surface area contributed by atoms with E-state index in [1.54, 1.807) is 30.7 Å². The van der Waals surface area contributed by atoms with Crippen molar-refractivity contribution in [1.82, 2.24) is 10.2 Å². The maximum Gasteiger partial charge on any atom is 0.244 e. The summed E-state index contributed by atoms with van der Waals surface area (Å²) in [6.45, 7) is 0.474. The zero-order valence-corrected chi connectivity index (χ0v) is 11.6. The van der Waals surface area contributed by atoms with Gasteiger partial charge < -0.3 is 14.2 Å². The average molecular weight is 274 g/mol. The molecule has 0 aliphatic rings. The fourth-order valence-electron chi connectivity index (χ4n) is 1.82. The summed E-state index contributed by atoms with van der Waals surface area (Å²) in [5.41, 5.74) is 0. The highest BCUT2D eigenvalue weighted by Gasteiger charge is 2.17. The largest absolute Gasteiger partial charge is 0.468 e. The molecule has 2 aromatic rings. The standard InChI is InChI=1S/C15H18N2O3/c1-17(2)13(14-6-4-10-20-14)11-16-15(18)8-7-12-5-3-9-19-12/h3-10,13H,11H2,1-2H3,(H,16,18)/b8-7+. The number of hydrogen-bond donors (Lipinski definition) is 1. The number of nitrogens with one attached hydrogen (secondary N) is 1. The Morgan fingerprint density at radius 3 is 2.65 bits per heavy atom. The third-order valence-corrected chi connectivity index (χ3v) is 2.91. The Morgan fingerprint density at radius 2 is 2.05 bits per heavy atom. The normalized spacial score (nSPS) is 12.9. The number of likely N-dealkylation sites (N-methyl/N-ethyl adjacent to an activating group) is 1. The lowest BCUT2D eigenvalue weighted by molar-refractivity contribution is -0.116. The summed E-state index contributed by atoms with van der Waals surface area (Å²) in [7, 11) is 3.88. The molecular formula is C15H18N2O3. The van der Waals surface area contributed by atoms with Crippen molar-refractivity contribution in [2.24, 2.45) is 0 Å². The van der Waals surface area contributed by atoms with E-state index < -0.39 is 0 Å². The third-order valence-electron chi connectivity index (χ3n) is 2.91. The molecule has 2 heterocycles. The molecule has 5 heteroatoms. The second-order valence-electron chi connectivity index (χ2n) is 4.59. The van der Waals surface area contributed by atoms with Crippen LogP contribution in [-0.2, 0) is 4.79 Å². The number of carbonyl (C=O) groups is 1. The highest BCUT2D eigenvalue weighted by molar-refractivity contribution is 5.91. The van der Waals surface area contributed by atoms with Crippen molar-refractivity contribution >= 4 is 12.0 Å². The minimum Gasteiger partial charge on any atom is -0.468 e. The van der Waals surface area contributed by atoms with E-state index in [0.717, 1.165) is 5.76 Å². The Balaban J connectivity index is 1.88. The molecule has 0 aliphatic heterocycles. The first kappa shape index (κ1) is 14.1. The van der Waals surface area contributed by atoms with Crippen molar-refractivity contribution in [2.75, 3.05) is 20.6 Å². The first-order chi connectivity index (χ1) is 9.66. The number of nitrogens with zero attached hydrogens (tertiary/aromatic N) is 1. The van der Waals surface area contributed by atoms with Crippen LogP contribution < -0.4 is 5.32 Å². The Hall–Kier alpha value is -2.27. The zero-order valence-electron chi connectivity index (χ0n) is 11.6. The van der Waals surface area contributed by atoms with E-state index in [-0.39, 0.29) is 11.9 Å². The predicted octanol–water partition coefficient (Wildman–Crippen LogP) is 2.30. The van der Waals surface area contributed by atoms with Gasteiger partial charge in [0, 0.05) is 12.6 Å². The molecule has 2 aromatic heterocycles. The van der Waals surface area contributed by atoms with E-state index in [4.69, 9.17) is 8.83 Å². The molecule has 2 rings (SSSR count). The van der Waals surface area contributed by atoms with Crippen molar-refractivity contribution in [3.8, 4) is 0 Å². The van der Waals surface area contributed by atoms with Crippen LogP contribution in [0, 0.1) is 0 Å². The summed E-state index contributed by atoms with van der Waals surface area (Å²) >= 11 is 0. The minimum atomic E-state index is -0.167. The van der Waals surface area contributed by atoms with Crippen LogP contribution in [0.1, 0.15) is 17.6 Å². The van der Waals surface area contributed by atoms with Crippen molar-refractivity contribution < 1.29 is 13.6 Å². The topological polar surface area (TPSA) is 58.6 Å².